The average Bonchev–Trinajstić information content (AvgIpc) is 3.32. The summed E-state index contributed by atoms with van der Waals surface area (Å²) in [4.78, 5) is 116. The number of nitrogens with zero attached hydrogens (tertiary/aromatic N) is 1. The number of aliphatic imine (C=N–C) groups is 1. The number of benzene rings is 3. The van der Waals surface area contributed by atoms with E-state index in [0.717, 1.165) is 0 Å². The normalized spacial score (nSPS) is 22.1. The van der Waals surface area contributed by atoms with Gasteiger partial charge in [-0.05, 0) is 86.0 Å². The molecular formula is C47H64N12O10S. The van der Waals surface area contributed by atoms with Crippen LogP contribution in [0.15, 0.2) is 83.9 Å². The molecule has 7 atom stereocenters. The van der Waals surface area contributed by atoms with Crippen LogP contribution in [-0.4, -0.2) is 125 Å². The molecule has 8 amide bonds. The lowest BCUT2D eigenvalue weighted by molar-refractivity contribution is -0.135. The predicted molar refractivity (Wildman–Crippen MR) is 262 cm³/mol. The third-order valence-corrected chi connectivity index (χ3v) is 11.6. The van der Waals surface area contributed by atoms with Crippen LogP contribution in [0.1, 0.15) is 61.6 Å². The molecule has 22 nitrogen and oxygen atoms in total. The van der Waals surface area contributed by atoms with Gasteiger partial charge in [0.1, 0.15) is 53.8 Å². The zero-order chi connectivity index (χ0) is 51.2. The van der Waals surface area contributed by atoms with E-state index in [1.54, 1.807) is 30.3 Å². The van der Waals surface area contributed by atoms with Crippen molar-refractivity contribution >= 4 is 65.8 Å². The summed E-state index contributed by atoms with van der Waals surface area (Å²) in [5, 5.41) is 38.6. The van der Waals surface area contributed by atoms with Crippen LogP contribution < -0.4 is 60.2 Å². The van der Waals surface area contributed by atoms with E-state index in [9.17, 15) is 48.6 Å². The second kappa shape index (κ2) is 28.2. The Hall–Kier alpha value is -7.40. The van der Waals surface area contributed by atoms with Crippen molar-refractivity contribution in [2.75, 3.05) is 18.8 Å². The second-order valence-corrected chi connectivity index (χ2v) is 17.1. The lowest BCUT2D eigenvalue weighted by Gasteiger charge is -2.27. The lowest BCUT2D eigenvalue weighted by Crippen LogP contribution is -2.60. The van der Waals surface area contributed by atoms with E-state index in [1.165, 1.54) is 48.5 Å². The highest BCUT2D eigenvalue weighted by Crippen LogP contribution is 2.16. The number of nitrogens with two attached hydrogens (primary N) is 4. The van der Waals surface area contributed by atoms with Crippen molar-refractivity contribution in [3.63, 3.8) is 0 Å². The third-order valence-electron chi connectivity index (χ3n) is 11.2. The highest BCUT2D eigenvalue weighted by Gasteiger charge is 2.36. The minimum atomic E-state index is -1.51. The fourth-order valence-electron chi connectivity index (χ4n) is 7.40. The van der Waals surface area contributed by atoms with Crippen LogP contribution in [0.4, 0.5) is 0 Å². The molecule has 1 fully saturated rings. The number of amides is 8. The SMILES string of the molecule is NCCCC[C@@H]1NC(=O)[C@H](CCCN=C(N)N)NC(=O)[C@H](CCC(N)=O)NC(=O)[C@H](Cc2ccccc2)NC(=O)[C@H](Cc2ccc(O)cc2)NC(=O)[C@H](Cc2ccc(O)cc2)NC(=O)[C@H](CS)NC1=O. The molecule has 3 aromatic carbocycles. The zero-order valence-electron chi connectivity index (χ0n) is 38.6. The molecule has 70 heavy (non-hydrogen) atoms. The number of phenolic OH excluding ortho intramolecular Hbond substituents is 2. The first-order valence-electron chi connectivity index (χ1n) is 22.8. The number of hydrogen-bond acceptors (Lipinski definition) is 13. The van der Waals surface area contributed by atoms with Crippen molar-refractivity contribution in [3.8, 4) is 11.5 Å². The highest BCUT2D eigenvalue weighted by molar-refractivity contribution is 7.80. The number of guanidine groups is 1. The molecule has 1 heterocycles. The van der Waals surface area contributed by atoms with Crippen molar-refractivity contribution in [2.45, 2.75) is 107 Å². The van der Waals surface area contributed by atoms with Gasteiger partial charge in [-0.15, -0.1) is 0 Å². The van der Waals surface area contributed by atoms with E-state index in [-0.39, 0.29) is 87.7 Å². The van der Waals surface area contributed by atoms with Gasteiger partial charge in [-0.1, -0.05) is 54.6 Å². The number of primary amides is 1. The van der Waals surface area contributed by atoms with Gasteiger partial charge in [0.2, 0.25) is 47.3 Å². The maximum absolute atomic E-state index is 14.6. The Kier molecular flexibility index (Phi) is 22.2. The number of hydrogen-bond donors (Lipinski definition) is 14. The summed E-state index contributed by atoms with van der Waals surface area (Å²) in [6.07, 6.45) is -0.288. The van der Waals surface area contributed by atoms with E-state index in [0.29, 0.717) is 29.5 Å². The number of carbonyl (C=O) groups is 8. The van der Waals surface area contributed by atoms with E-state index < -0.39 is 89.6 Å². The van der Waals surface area contributed by atoms with Crippen molar-refractivity contribution in [1.29, 1.82) is 0 Å². The third kappa shape index (κ3) is 18.6. The van der Waals surface area contributed by atoms with E-state index in [2.05, 4.69) is 54.8 Å². The minimum absolute atomic E-state index is 0.0414. The second-order valence-electron chi connectivity index (χ2n) is 16.8. The number of thiol groups is 1. The van der Waals surface area contributed by atoms with Crippen molar-refractivity contribution in [3.05, 3.63) is 95.6 Å². The Morgan fingerprint density at radius 1 is 0.486 bits per heavy atom. The summed E-state index contributed by atoms with van der Waals surface area (Å²) in [5.74, 6) is -7.46. The largest absolute Gasteiger partial charge is 0.508 e. The predicted octanol–water partition coefficient (Wildman–Crippen LogP) is -2.09. The first kappa shape index (κ1) is 55.2. The van der Waals surface area contributed by atoms with Crippen molar-refractivity contribution < 1.29 is 48.6 Å². The summed E-state index contributed by atoms with van der Waals surface area (Å²) in [6.45, 7) is 0.308. The van der Waals surface area contributed by atoms with Crippen LogP contribution in [0.3, 0.4) is 0 Å². The smallest absolute Gasteiger partial charge is 0.244 e. The number of nitrogens with one attached hydrogen (secondary N) is 7. The maximum Gasteiger partial charge on any atom is 0.244 e. The molecule has 0 saturated carbocycles. The number of carbonyl (C=O) groups excluding carboxylic acids is 8. The first-order valence-corrected chi connectivity index (χ1v) is 23.5. The molecule has 378 valence electrons. The quantitative estimate of drug-likeness (QED) is 0.0282. The topological polar surface area (TPSA) is 378 Å². The fourth-order valence-corrected chi connectivity index (χ4v) is 7.66. The number of aromatic hydroxyl groups is 2. The molecule has 0 aromatic heterocycles. The molecule has 1 aliphatic heterocycles. The zero-order valence-corrected chi connectivity index (χ0v) is 39.5. The van der Waals surface area contributed by atoms with E-state index >= 15 is 0 Å². The Morgan fingerprint density at radius 3 is 1.24 bits per heavy atom. The molecule has 0 bridgehead atoms. The number of rotatable bonds is 18. The summed E-state index contributed by atoms with van der Waals surface area (Å²) in [6, 6.07) is 10.3. The highest BCUT2D eigenvalue weighted by atomic mass is 32.1. The monoisotopic (exact) mass is 988 g/mol. The lowest BCUT2D eigenvalue weighted by atomic mass is 10.0. The molecule has 23 heteroatoms. The van der Waals surface area contributed by atoms with Gasteiger partial charge in [0, 0.05) is 38.0 Å². The van der Waals surface area contributed by atoms with Gasteiger partial charge in [0.25, 0.3) is 0 Å². The van der Waals surface area contributed by atoms with Gasteiger partial charge in [-0.25, -0.2) is 0 Å². The van der Waals surface area contributed by atoms with Gasteiger partial charge in [0.15, 0.2) is 5.96 Å². The molecular weight excluding hydrogens is 925 g/mol. The van der Waals surface area contributed by atoms with Gasteiger partial charge in [-0.3, -0.25) is 43.3 Å². The van der Waals surface area contributed by atoms with Crippen LogP contribution in [0.2, 0.25) is 0 Å². The molecule has 0 unspecified atom stereocenters. The molecule has 0 aliphatic carbocycles. The van der Waals surface area contributed by atoms with Gasteiger partial charge >= 0.3 is 0 Å². The van der Waals surface area contributed by atoms with Gasteiger partial charge < -0.3 is 70.4 Å². The standard InChI is InChI=1S/C47H64N12O10S/c48-21-5-4-9-32-41(64)59-38(26-70)46(69)58-37(25-29-13-17-31(61)18-14-29)45(68)57-36(24-28-11-15-30(60)16-12-28)44(67)56-35(23-27-7-2-1-3-8-27)43(66)55-34(19-20-39(49)62)42(65)54-33(40(63)53-32)10-6-22-52-47(50)51/h1-3,7-8,11-18,32-38,60-61,70H,4-6,9-10,19-26,48H2,(H2,49,62)(H,53,63)(H,54,65)(H,55,66)(H,56,67)(H,57,68)(H,58,69)(H,59,64)(H4,50,51,52)/t32-,33-,34-,35-,36-,37-,38-/m0/s1. The van der Waals surface area contributed by atoms with Crippen molar-refractivity contribution in [1.82, 2.24) is 37.2 Å². The number of unbranched alkanes of at least 4 members (excludes halogenated alkanes) is 1. The van der Waals surface area contributed by atoms with E-state index in [1.807, 2.05) is 0 Å². The first-order chi connectivity index (χ1) is 33.5. The van der Waals surface area contributed by atoms with Crippen LogP contribution >= 0.6 is 12.6 Å². The van der Waals surface area contributed by atoms with Gasteiger partial charge in [0.05, 0.1) is 0 Å². The van der Waals surface area contributed by atoms with Crippen LogP contribution in [0, 0.1) is 0 Å². The molecule has 1 saturated heterocycles. The van der Waals surface area contributed by atoms with E-state index in [4.69, 9.17) is 22.9 Å². The maximum atomic E-state index is 14.6. The summed E-state index contributed by atoms with van der Waals surface area (Å²) < 4.78 is 0. The summed E-state index contributed by atoms with van der Waals surface area (Å²) >= 11 is 4.33. The average molecular weight is 989 g/mol. The number of phenols is 2. The Morgan fingerprint density at radius 2 is 0.843 bits per heavy atom. The molecule has 0 radical (unpaired) electrons. The minimum Gasteiger partial charge on any atom is -0.508 e. The van der Waals surface area contributed by atoms with Crippen LogP contribution in [-0.2, 0) is 57.6 Å². The van der Waals surface area contributed by atoms with Gasteiger partial charge in [-0.2, -0.15) is 12.6 Å². The van der Waals surface area contributed by atoms with Crippen LogP contribution in [0.25, 0.3) is 0 Å². The summed E-state index contributed by atoms with van der Waals surface area (Å²) in [5.41, 5.74) is 23.8. The molecule has 3 aromatic rings. The summed E-state index contributed by atoms with van der Waals surface area (Å²) in [7, 11) is 0. The van der Waals surface area contributed by atoms with Crippen LogP contribution in [0.5, 0.6) is 11.5 Å². The van der Waals surface area contributed by atoms with Crippen molar-refractivity contribution in [2.24, 2.45) is 27.9 Å². The molecule has 4 rings (SSSR count). The molecule has 17 N–H and O–H groups in total. The Bertz CT molecular complexity index is 2280. The Balaban J connectivity index is 1.87. The Labute approximate surface area is 410 Å². The fraction of sp³-hybridized carbons (Fsp3) is 0.426. The molecule has 1 aliphatic rings. The molecule has 0 spiro atoms.